The summed E-state index contributed by atoms with van der Waals surface area (Å²) < 4.78 is 5.82. The molecule has 4 aromatic rings. The number of furan rings is 1. The molecule has 0 aliphatic heterocycles. The quantitative estimate of drug-likeness (QED) is 0.449. The predicted octanol–water partition coefficient (Wildman–Crippen LogP) is 5.58. The highest BCUT2D eigenvalue weighted by Crippen LogP contribution is 2.28. The van der Waals surface area contributed by atoms with Gasteiger partial charge in [0.25, 0.3) is 5.56 Å². The van der Waals surface area contributed by atoms with E-state index in [0.29, 0.717) is 26.8 Å². The Morgan fingerprint density at radius 3 is 2.89 bits per heavy atom. The molecule has 0 radical (unpaired) electrons. The number of aromatic amines is 1. The lowest BCUT2D eigenvalue weighted by atomic mass is 10.2. The lowest BCUT2D eigenvalue weighted by Crippen LogP contribution is -2.10. The number of nitrogens with one attached hydrogen (secondary N) is 1. The number of benzene rings is 1. The first-order valence-electron chi connectivity index (χ1n) is 8.44. The normalized spacial score (nSPS) is 11.7. The largest absolute Gasteiger partial charge is 0.457 e. The highest BCUT2D eigenvalue weighted by atomic mass is 35.5. The van der Waals surface area contributed by atoms with E-state index in [1.807, 2.05) is 26.0 Å². The highest BCUT2D eigenvalue weighted by molar-refractivity contribution is 7.18. The third kappa shape index (κ3) is 3.26. The number of rotatable bonds is 3. The second-order valence-electron chi connectivity index (χ2n) is 6.26. The van der Waals surface area contributed by atoms with E-state index in [4.69, 9.17) is 16.0 Å². The molecule has 0 atom stereocenters. The summed E-state index contributed by atoms with van der Waals surface area (Å²) in [5.74, 6) is 1.34. The van der Waals surface area contributed by atoms with E-state index in [0.717, 1.165) is 16.0 Å². The number of allylic oxidation sites excluding steroid dienone is 1. The second kappa shape index (κ2) is 7.12. The third-order valence-corrected chi connectivity index (χ3v) is 5.77. The molecule has 28 heavy (non-hydrogen) atoms. The van der Waals surface area contributed by atoms with Crippen LogP contribution < -0.4 is 5.56 Å². The Morgan fingerprint density at radius 1 is 1.32 bits per heavy atom. The highest BCUT2D eigenvalue weighted by Gasteiger charge is 2.14. The van der Waals surface area contributed by atoms with Crippen molar-refractivity contribution in [3.05, 3.63) is 73.8 Å². The van der Waals surface area contributed by atoms with E-state index in [9.17, 15) is 10.1 Å². The molecule has 0 saturated heterocycles. The Bertz CT molecular complexity index is 1340. The summed E-state index contributed by atoms with van der Waals surface area (Å²) in [6, 6.07) is 13.0. The predicted molar refractivity (Wildman–Crippen MR) is 112 cm³/mol. The molecule has 1 aromatic carbocycles. The lowest BCUT2D eigenvalue weighted by Gasteiger charge is -1.99. The van der Waals surface area contributed by atoms with Crippen molar-refractivity contribution < 1.29 is 4.42 Å². The number of halogens is 1. The van der Waals surface area contributed by atoms with Crippen LogP contribution in [0.1, 0.15) is 22.0 Å². The molecule has 7 heteroatoms. The number of aryl methyl sites for hydroxylation is 2. The summed E-state index contributed by atoms with van der Waals surface area (Å²) in [6.07, 6.45) is 1.56. The minimum absolute atomic E-state index is 0.217. The Balaban J connectivity index is 1.76. The fourth-order valence-corrected chi connectivity index (χ4v) is 4.13. The van der Waals surface area contributed by atoms with Crippen LogP contribution in [0.4, 0.5) is 0 Å². The summed E-state index contributed by atoms with van der Waals surface area (Å²) in [5, 5.41) is 10.8. The van der Waals surface area contributed by atoms with Crippen LogP contribution in [0.25, 0.3) is 33.2 Å². The van der Waals surface area contributed by atoms with Gasteiger partial charge in [0, 0.05) is 21.5 Å². The molecule has 3 aromatic heterocycles. The van der Waals surface area contributed by atoms with Gasteiger partial charge in [0.05, 0.1) is 11.0 Å². The number of H-pyrrole nitrogens is 1. The summed E-state index contributed by atoms with van der Waals surface area (Å²) >= 11 is 7.47. The molecule has 4 rings (SSSR count). The van der Waals surface area contributed by atoms with Gasteiger partial charge in [0.1, 0.15) is 22.4 Å². The van der Waals surface area contributed by atoms with Gasteiger partial charge in [-0.05, 0) is 43.7 Å². The molecule has 0 aliphatic rings. The summed E-state index contributed by atoms with van der Waals surface area (Å²) in [7, 11) is 0. The first-order chi connectivity index (χ1) is 13.5. The van der Waals surface area contributed by atoms with Crippen LogP contribution in [0.3, 0.4) is 0 Å². The Hall–Kier alpha value is -3.14. The van der Waals surface area contributed by atoms with Crippen LogP contribution >= 0.6 is 22.9 Å². The van der Waals surface area contributed by atoms with Crippen LogP contribution in [0.2, 0.25) is 5.02 Å². The maximum atomic E-state index is 12.5. The fraction of sp³-hybridized carbons (Fsp3) is 0.0952. The zero-order valence-corrected chi connectivity index (χ0v) is 16.6. The molecular formula is C21H14ClN3O2S. The smallest absolute Gasteiger partial charge is 0.260 e. The SMILES string of the molecule is Cc1sc2nc(/C(C#N)=C/c3ccc(-c4cccc(Cl)c4)o3)[nH]c(=O)c2c1C. The zero-order valence-electron chi connectivity index (χ0n) is 15.0. The van der Waals surface area contributed by atoms with Gasteiger partial charge in [-0.15, -0.1) is 11.3 Å². The van der Waals surface area contributed by atoms with Gasteiger partial charge in [-0.1, -0.05) is 23.7 Å². The summed E-state index contributed by atoms with van der Waals surface area (Å²) in [4.78, 5) is 21.3. The number of hydrogen-bond donors (Lipinski definition) is 1. The molecular weight excluding hydrogens is 394 g/mol. The van der Waals surface area contributed by atoms with Gasteiger partial charge in [-0.2, -0.15) is 5.26 Å². The van der Waals surface area contributed by atoms with E-state index in [1.54, 1.807) is 30.3 Å². The maximum Gasteiger partial charge on any atom is 0.260 e. The van der Waals surface area contributed by atoms with E-state index < -0.39 is 0 Å². The van der Waals surface area contributed by atoms with Crippen LogP contribution in [0.5, 0.6) is 0 Å². The van der Waals surface area contributed by atoms with Crippen molar-refractivity contribution in [2.75, 3.05) is 0 Å². The molecule has 0 fully saturated rings. The maximum absolute atomic E-state index is 12.5. The van der Waals surface area contributed by atoms with Crippen LogP contribution in [0.15, 0.2) is 45.6 Å². The minimum atomic E-state index is -0.248. The van der Waals surface area contributed by atoms with Crippen molar-refractivity contribution in [2.45, 2.75) is 13.8 Å². The third-order valence-electron chi connectivity index (χ3n) is 4.44. The molecule has 138 valence electrons. The average Bonchev–Trinajstić information content (AvgIpc) is 3.24. The van der Waals surface area contributed by atoms with Crippen LogP contribution in [-0.2, 0) is 0 Å². The topological polar surface area (TPSA) is 82.7 Å². The van der Waals surface area contributed by atoms with Gasteiger partial charge in [-0.3, -0.25) is 4.79 Å². The molecule has 5 nitrogen and oxygen atoms in total. The van der Waals surface area contributed by atoms with E-state index in [1.165, 1.54) is 11.3 Å². The molecule has 1 N–H and O–H groups in total. The van der Waals surface area contributed by atoms with E-state index in [2.05, 4.69) is 16.0 Å². The van der Waals surface area contributed by atoms with Crippen LogP contribution in [-0.4, -0.2) is 9.97 Å². The van der Waals surface area contributed by atoms with Crippen molar-refractivity contribution in [1.82, 2.24) is 9.97 Å². The van der Waals surface area contributed by atoms with Crippen molar-refractivity contribution in [1.29, 1.82) is 5.26 Å². The monoisotopic (exact) mass is 407 g/mol. The van der Waals surface area contributed by atoms with E-state index >= 15 is 0 Å². The molecule has 3 heterocycles. The number of nitriles is 1. The van der Waals surface area contributed by atoms with Gasteiger partial charge in [0.2, 0.25) is 0 Å². The first kappa shape index (κ1) is 18.2. The molecule has 0 amide bonds. The molecule has 0 unspecified atom stereocenters. The summed E-state index contributed by atoms with van der Waals surface area (Å²) in [5.41, 5.74) is 1.72. The van der Waals surface area contributed by atoms with Gasteiger partial charge in [0.15, 0.2) is 5.82 Å². The number of fused-ring (bicyclic) bond motifs is 1. The van der Waals surface area contributed by atoms with Gasteiger partial charge >= 0.3 is 0 Å². The van der Waals surface area contributed by atoms with Gasteiger partial charge < -0.3 is 9.40 Å². The molecule has 0 spiro atoms. The van der Waals surface area contributed by atoms with Crippen LogP contribution in [0, 0.1) is 25.2 Å². The average molecular weight is 408 g/mol. The second-order valence-corrected chi connectivity index (χ2v) is 7.90. The molecule has 0 aliphatic carbocycles. The Morgan fingerprint density at radius 2 is 2.14 bits per heavy atom. The number of thiophene rings is 1. The van der Waals surface area contributed by atoms with Crippen molar-refractivity contribution >= 4 is 44.8 Å². The Kier molecular flexibility index (Phi) is 4.63. The fourth-order valence-electron chi connectivity index (χ4n) is 2.91. The molecule has 0 bridgehead atoms. The number of nitrogens with zero attached hydrogens (tertiary/aromatic N) is 2. The van der Waals surface area contributed by atoms with E-state index in [-0.39, 0.29) is 17.0 Å². The molecule has 0 saturated carbocycles. The first-order valence-corrected chi connectivity index (χ1v) is 9.63. The van der Waals surface area contributed by atoms with Crippen molar-refractivity contribution in [3.8, 4) is 17.4 Å². The standard InChI is InChI=1S/C21H14ClN3O2S/c1-11-12(2)28-21-18(11)20(26)24-19(25-21)14(10-23)9-16-6-7-17(27-16)13-4-3-5-15(22)8-13/h3-9H,1-2H3,(H,24,25,26)/b14-9+. The van der Waals surface area contributed by atoms with Crippen molar-refractivity contribution in [3.63, 3.8) is 0 Å². The zero-order chi connectivity index (χ0) is 19.8. The minimum Gasteiger partial charge on any atom is -0.457 e. The number of hydrogen-bond acceptors (Lipinski definition) is 5. The lowest BCUT2D eigenvalue weighted by molar-refractivity contribution is 0.572. The Labute approximate surface area is 169 Å². The van der Waals surface area contributed by atoms with Gasteiger partial charge in [-0.25, -0.2) is 4.98 Å². The summed E-state index contributed by atoms with van der Waals surface area (Å²) in [6.45, 7) is 3.84. The van der Waals surface area contributed by atoms with Crippen molar-refractivity contribution in [2.24, 2.45) is 0 Å². The number of aromatic nitrogens is 2.